The number of benzene rings is 1. The van der Waals surface area contributed by atoms with Crippen LogP contribution in [0.5, 0.6) is 0 Å². The second-order valence-corrected chi connectivity index (χ2v) is 57.7. The molecule has 0 aliphatic heterocycles. The third-order valence-electron chi connectivity index (χ3n) is 13.8. The molecule has 2 atom stereocenters. The van der Waals surface area contributed by atoms with Crippen LogP contribution in [0.25, 0.3) is 41.1 Å². The summed E-state index contributed by atoms with van der Waals surface area (Å²) in [6, 6.07) is 10.1. The van der Waals surface area contributed by atoms with Crippen molar-refractivity contribution < 1.29 is 0 Å². The molecule has 0 bridgehead atoms. The van der Waals surface area contributed by atoms with E-state index in [1.807, 2.05) is 22.7 Å². The average molecular weight is 1200 g/mol. The van der Waals surface area contributed by atoms with Crippen LogP contribution in [0.1, 0.15) is 192 Å². The van der Waals surface area contributed by atoms with Crippen molar-refractivity contribution in [1.29, 1.82) is 0 Å². The van der Waals surface area contributed by atoms with E-state index < -0.39 is 36.8 Å². The van der Waals surface area contributed by atoms with Gasteiger partial charge in [0.1, 0.15) is 0 Å². The minimum atomic E-state index is -2.47. The minimum absolute atomic E-state index is 0.722. The Morgan fingerprint density at radius 1 is 0.406 bits per heavy atom. The van der Waals surface area contributed by atoms with Gasteiger partial charge in [0.05, 0.1) is 0 Å². The molecule has 0 aliphatic rings. The van der Waals surface area contributed by atoms with Gasteiger partial charge in [-0.05, 0) is 0 Å². The van der Waals surface area contributed by atoms with Gasteiger partial charge in [0.2, 0.25) is 0 Å². The second kappa shape index (κ2) is 27.9. The van der Waals surface area contributed by atoms with Crippen LogP contribution < -0.4 is 5.79 Å². The first-order chi connectivity index (χ1) is 30.7. The molecule has 0 saturated carbocycles. The van der Waals surface area contributed by atoms with Gasteiger partial charge in [0.25, 0.3) is 0 Å². The predicted octanol–water partition coefficient (Wildman–Crippen LogP) is 21.7. The van der Waals surface area contributed by atoms with Crippen molar-refractivity contribution in [3.8, 4) is 20.9 Å². The molecule has 0 amide bonds. The van der Waals surface area contributed by atoms with Crippen molar-refractivity contribution in [3.63, 3.8) is 0 Å². The predicted molar refractivity (Wildman–Crippen MR) is 308 cm³/mol. The molecular formula is C56H88Cl2S4Sn2. The summed E-state index contributed by atoms with van der Waals surface area (Å²) in [5, 5.41) is 4.96. The van der Waals surface area contributed by atoms with Gasteiger partial charge >= 0.3 is 328 Å². The normalized spacial score (nSPS) is 13.6. The van der Waals surface area contributed by atoms with Crippen molar-refractivity contribution in [2.75, 3.05) is 0 Å². The fourth-order valence-corrected chi connectivity index (χ4v) is 25.9. The second-order valence-electron chi connectivity index (χ2n) is 21.7. The first-order valence-electron chi connectivity index (χ1n) is 26.3. The third-order valence-corrected chi connectivity index (χ3v) is 38.2. The maximum absolute atomic E-state index is 7.42. The van der Waals surface area contributed by atoms with Crippen molar-refractivity contribution >= 4 is 131 Å². The van der Waals surface area contributed by atoms with E-state index in [4.69, 9.17) is 23.2 Å². The molecule has 0 N–H and O–H groups in total. The molecule has 0 aliphatic carbocycles. The summed E-state index contributed by atoms with van der Waals surface area (Å²) in [7, 11) is 0. The summed E-state index contributed by atoms with van der Waals surface area (Å²) in [6.07, 6.45) is 34.8. The van der Waals surface area contributed by atoms with E-state index in [9.17, 15) is 0 Å². The molecule has 0 fully saturated rings. The molecule has 8 heteroatoms. The van der Waals surface area contributed by atoms with Crippen LogP contribution in [0.2, 0.25) is 39.7 Å². The summed E-state index contributed by atoms with van der Waals surface area (Å²) in [5.74, 6) is 1.44. The van der Waals surface area contributed by atoms with Gasteiger partial charge in [-0.3, -0.25) is 0 Å². The molecule has 2 unspecified atom stereocenters. The van der Waals surface area contributed by atoms with E-state index in [-0.39, 0.29) is 0 Å². The molecule has 0 nitrogen and oxygen atoms in total. The first kappa shape index (κ1) is 55.6. The fourth-order valence-electron chi connectivity index (χ4n) is 9.70. The van der Waals surface area contributed by atoms with Gasteiger partial charge in [-0.1, -0.05) is 105 Å². The zero-order valence-corrected chi connectivity index (χ0v) is 52.7. The summed E-state index contributed by atoms with van der Waals surface area (Å²) in [5.41, 5.74) is 2.95. The van der Waals surface area contributed by atoms with Crippen LogP contribution in [-0.4, -0.2) is 36.8 Å². The topological polar surface area (TPSA) is 0 Å². The SMILES string of the molecule is CCCCCCCCC(CCCCCC)Cc1sc(-c2c3c[c]([Sn]([CH3])([CH3])[CH3])sc3c(-c3cc(Cl)c(CC(CCCCCC)CCCCCCCC)s3)c3c[c]([Sn]([CH3])([CH3])[CH3])sc23)cc1Cl. The quantitative estimate of drug-likeness (QED) is 0.0297. The Kier molecular flexibility index (Phi) is 24.3. The summed E-state index contributed by atoms with van der Waals surface area (Å²) in [4.78, 5) is 21.2. The molecular weight excluding hydrogens is 1110 g/mol. The van der Waals surface area contributed by atoms with Crippen molar-refractivity contribution in [2.45, 2.75) is 224 Å². The molecule has 0 saturated heterocycles. The fraction of sp³-hybridized carbons (Fsp3) is 0.679. The molecule has 64 heavy (non-hydrogen) atoms. The zero-order valence-electron chi connectivity index (χ0n) is 42.2. The summed E-state index contributed by atoms with van der Waals surface area (Å²) in [6.45, 7) is 9.31. The van der Waals surface area contributed by atoms with E-state index in [1.54, 1.807) is 5.79 Å². The van der Waals surface area contributed by atoms with Crippen LogP contribution in [0.4, 0.5) is 0 Å². The van der Waals surface area contributed by atoms with Crippen molar-refractivity contribution in [3.05, 3.63) is 44.1 Å². The van der Waals surface area contributed by atoms with Gasteiger partial charge in [-0.2, -0.15) is 0 Å². The number of halogens is 2. The summed E-state index contributed by atoms with van der Waals surface area (Å²) >= 11 is 18.2. The Morgan fingerprint density at radius 2 is 0.703 bits per heavy atom. The molecule has 0 radical (unpaired) electrons. The molecule has 4 aromatic heterocycles. The van der Waals surface area contributed by atoms with Gasteiger partial charge < -0.3 is 0 Å². The van der Waals surface area contributed by atoms with Crippen LogP contribution in [0, 0.1) is 11.8 Å². The summed E-state index contributed by atoms with van der Waals surface area (Å²) < 4.78 is 6.33. The maximum atomic E-state index is 7.42. The van der Waals surface area contributed by atoms with Gasteiger partial charge in [0, 0.05) is 0 Å². The van der Waals surface area contributed by atoms with E-state index in [0.29, 0.717) is 0 Å². The Morgan fingerprint density at radius 3 is 1.02 bits per heavy atom. The van der Waals surface area contributed by atoms with Crippen molar-refractivity contribution in [1.82, 2.24) is 0 Å². The monoisotopic (exact) mass is 1200 g/mol. The Bertz CT molecular complexity index is 1920. The van der Waals surface area contributed by atoms with Crippen LogP contribution >= 0.6 is 68.5 Å². The molecule has 0 spiro atoms. The molecule has 5 aromatic rings. The molecule has 1 aromatic carbocycles. The Labute approximate surface area is 427 Å². The first-order valence-corrected chi connectivity index (χ1v) is 50.3. The standard InChI is InChI=1S/C50H70Cl2S4.6CH3.2Sn/c1-5-9-13-17-19-23-27-37(25-21-15-11-7-3)33-43-41(51)35-45(55-43)47-39-29-31-54-50(39)48(40-30-32-53-49(40)47)46-36-42(52)44(56-46)34-38(26-22-16-12-8-4)28-24-20-18-14-10-6-2;;;;;;;;/h29-30,35-38H,5-28,33-34H2,1-4H3;6*1H3;;. The number of thiophene rings is 4. The zero-order chi connectivity index (χ0) is 46.3. The molecule has 4 heterocycles. The Balaban J connectivity index is 1.57. The molecule has 358 valence electrons. The number of hydrogen-bond acceptors (Lipinski definition) is 4. The van der Waals surface area contributed by atoms with Gasteiger partial charge in [0.15, 0.2) is 0 Å². The Hall–Kier alpha value is 0.717. The third kappa shape index (κ3) is 16.4. The van der Waals surface area contributed by atoms with Crippen molar-refractivity contribution in [2.24, 2.45) is 11.8 Å². The van der Waals surface area contributed by atoms with Gasteiger partial charge in [-0.25, -0.2) is 0 Å². The number of rotatable bonds is 32. The van der Waals surface area contributed by atoms with Crippen LogP contribution in [0.3, 0.4) is 0 Å². The van der Waals surface area contributed by atoms with Gasteiger partial charge in [-0.15, -0.1) is 0 Å². The average Bonchev–Trinajstić information content (AvgIpc) is 4.05. The molecule has 5 rings (SSSR count). The van der Waals surface area contributed by atoms with Crippen LogP contribution in [-0.2, 0) is 12.8 Å². The van der Waals surface area contributed by atoms with E-state index in [0.717, 1.165) is 34.7 Å². The number of fused-ring (bicyclic) bond motifs is 2. The van der Waals surface area contributed by atoms with E-state index in [1.165, 1.54) is 205 Å². The van der Waals surface area contributed by atoms with Crippen LogP contribution in [0.15, 0.2) is 24.3 Å². The number of unbranched alkanes of at least 4 members (excludes halogenated alkanes) is 16. The van der Waals surface area contributed by atoms with E-state index in [2.05, 4.69) is 104 Å². The van der Waals surface area contributed by atoms with E-state index >= 15 is 0 Å². The number of hydrogen-bond donors (Lipinski definition) is 0.